The second kappa shape index (κ2) is 4.12. The maximum atomic E-state index is 12.2. The average Bonchev–Trinajstić information content (AvgIpc) is 2.92. The highest BCUT2D eigenvalue weighted by Gasteiger charge is 2.51. The Balaban J connectivity index is 1.88. The minimum absolute atomic E-state index is 0.138. The van der Waals surface area contributed by atoms with Gasteiger partial charge in [-0.25, -0.2) is 0 Å². The van der Waals surface area contributed by atoms with Crippen LogP contribution in [0.2, 0.25) is 0 Å². The zero-order chi connectivity index (χ0) is 10.9. The summed E-state index contributed by atoms with van der Waals surface area (Å²) >= 11 is 0. The molecule has 15 heavy (non-hydrogen) atoms. The van der Waals surface area contributed by atoms with Gasteiger partial charge in [-0.05, 0) is 31.6 Å². The van der Waals surface area contributed by atoms with E-state index in [4.69, 9.17) is 5.73 Å². The molecule has 0 bridgehead atoms. The number of carbonyl (C=O) groups is 1. The molecule has 2 aliphatic rings. The minimum atomic E-state index is -0.138. The van der Waals surface area contributed by atoms with E-state index in [-0.39, 0.29) is 5.41 Å². The Bertz CT molecular complexity index is 248. The Morgan fingerprint density at radius 2 is 2.27 bits per heavy atom. The third-order valence-corrected chi connectivity index (χ3v) is 3.97. The molecule has 1 saturated carbocycles. The predicted octanol–water partition coefficient (Wildman–Crippen LogP) is 1.37. The van der Waals surface area contributed by atoms with Crippen LogP contribution in [0.25, 0.3) is 0 Å². The van der Waals surface area contributed by atoms with Crippen LogP contribution in [0.15, 0.2) is 0 Å². The van der Waals surface area contributed by atoms with Crippen LogP contribution in [0.1, 0.15) is 39.0 Å². The first-order valence-electron chi connectivity index (χ1n) is 6.21. The molecule has 1 heterocycles. The van der Waals surface area contributed by atoms with Crippen molar-refractivity contribution in [1.82, 2.24) is 4.90 Å². The Morgan fingerprint density at radius 1 is 1.53 bits per heavy atom. The third kappa shape index (κ3) is 2.03. The van der Waals surface area contributed by atoms with Gasteiger partial charge in [0.05, 0.1) is 5.41 Å². The standard InChI is InChI=1S/C12H22N2O/c1-2-3-10-4-7-14(8-10)11(15)12(9-13)5-6-12/h10H,2-9,13H2,1H3. The van der Waals surface area contributed by atoms with Crippen LogP contribution >= 0.6 is 0 Å². The monoisotopic (exact) mass is 210 g/mol. The molecule has 1 amide bonds. The number of likely N-dealkylation sites (tertiary alicyclic amines) is 1. The summed E-state index contributed by atoms with van der Waals surface area (Å²) in [6.45, 7) is 4.70. The Labute approximate surface area is 92.0 Å². The number of amides is 1. The van der Waals surface area contributed by atoms with Gasteiger partial charge in [0.15, 0.2) is 0 Å². The van der Waals surface area contributed by atoms with E-state index >= 15 is 0 Å². The smallest absolute Gasteiger partial charge is 0.230 e. The van der Waals surface area contributed by atoms with Crippen molar-refractivity contribution in [2.24, 2.45) is 17.1 Å². The fraction of sp³-hybridized carbons (Fsp3) is 0.917. The molecular formula is C12H22N2O. The zero-order valence-electron chi connectivity index (χ0n) is 9.67. The average molecular weight is 210 g/mol. The summed E-state index contributed by atoms with van der Waals surface area (Å²) in [6, 6.07) is 0. The summed E-state index contributed by atoms with van der Waals surface area (Å²) in [5.74, 6) is 1.08. The van der Waals surface area contributed by atoms with E-state index in [1.165, 1.54) is 19.3 Å². The van der Waals surface area contributed by atoms with E-state index in [1.807, 2.05) is 0 Å². The largest absolute Gasteiger partial charge is 0.342 e. The van der Waals surface area contributed by atoms with Crippen molar-refractivity contribution in [3.63, 3.8) is 0 Å². The van der Waals surface area contributed by atoms with Crippen molar-refractivity contribution in [3.8, 4) is 0 Å². The molecule has 0 aromatic carbocycles. The maximum Gasteiger partial charge on any atom is 0.230 e. The molecule has 0 aromatic rings. The summed E-state index contributed by atoms with van der Waals surface area (Å²) < 4.78 is 0. The molecule has 1 aliphatic carbocycles. The Hall–Kier alpha value is -0.570. The number of carbonyl (C=O) groups excluding carboxylic acids is 1. The number of nitrogens with zero attached hydrogens (tertiary/aromatic N) is 1. The van der Waals surface area contributed by atoms with Crippen LogP contribution in [-0.2, 0) is 4.79 Å². The minimum Gasteiger partial charge on any atom is -0.342 e. The van der Waals surface area contributed by atoms with Gasteiger partial charge in [0.2, 0.25) is 5.91 Å². The molecule has 3 nitrogen and oxygen atoms in total. The lowest BCUT2D eigenvalue weighted by Gasteiger charge is -2.22. The number of nitrogens with two attached hydrogens (primary N) is 1. The van der Waals surface area contributed by atoms with Crippen molar-refractivity contribution in [3.05, 3.63) is 0 Å². The van der Waals surface area contributed by atoms with Crippen molar-refractivity contribution in [2.75, 3.05) is 19.6 Å². The van der Waals surface area contributed by atoms with Crippen molar-refractivity contribution in [1.29, 1.82) is 0 Å². The van der Waals surface area contributed by atoms with Gasteiger partial charge in [-0.3, -0.25) is 4.79 Å². The highest BCUT2D eigenvalue weighted by molar-refractivity contribution is 5.85. The van der Waals surface area contributed by atoms with Crippen LogP contribution in [0.5, 0.6) is 0 Å². The first-order valence-corrected chi connectivity index (χ1v) is 6.21. The first kappa shape index (κ1) is 10.9. The normalized spacial score (nSPS) is 28.1. The van der Waals surface area contributed by atoms with Crippen LogP contribution in [-0.4, -0.2) is 30.4 Å². The summed E-state index contributed by atoms with van der Waals surface area (Å²) in [6.07, 6.45) is 5.71. The van der Waals surface area contributed by atoms with Gasteiger partial charge in [0, 0.05) is 19.6 Å². The summed E-state index contributed by atoms with van der Waals surface area (Å²) in [5.41, 5.74) is 5.55. The van der Waals surface area contributed by atoms with Gasteiger partial charge in [-0.15, -0.1) is 0 Å². The maximum absolute atomic E-state index is 12.2. The molecule has 86 valence electrons. The number of hydrogen-bond donors (Lipinski definition) is 1. The molecule has 1 unspecified atom stereocenters. The summed E-state index contributed by atoms with van der Waals surface area (Å²) in [5, 5.41) is 0. The molecule has 1 aliphatic heterocycles. The molecule has 2 fully saturated rings. The lowest BCUT2D eigenvalue weighted by Crippen LogP contribution is -2.39. The zero-order valence-corrected chi connectivity index (χ0v) is 9.67. The summed E-state index contributed by atoms with van der Waals surface area (Å²) in [4.78, 5) is 14.2. The molecule has 0 radical (unpaired) electrons. The van der Waals surface area contributed by atoms with E-state index < -0.39 is 0 Å². The van der Waals surface area contributed by atoms with Gasteiger partial charge in [-0.1, -0.05) is 13.3 Å². The van der Waals surface area contributed by atoms with Gasteiger partial charge >= 0.3 is 0 Å². The molecule has 2 rings (SSSR count). The van der Waals surface area contributed by atoms with Crippen LogP contribution in [0, 0.1) is 11.3 Å². The van der Waals surface area contributed by atoms with Crippen LogP contribution < -0.4 is 5.73 Å². The van der Waals surface area contributed by atoms with E-state index in [0.717, 1.165) is 31.8 Å². The summed E-state index contributed by atoms with van der Waals surface area (Å²) in [7, 11) is 0. The van der Waals surface area contributed by atoms with Crippen LogP contribution in [0.3, 0.4) is 0 Å². The highest BCUT2D eigenvalue weighted by Crippen LogP contribution is 2.46. The van der Waals surface area contributed by atoms with E-state index in [2.05, 4.69) is 11.8 Å². The Morgan fingerprint density at radius 3 is 2.80 bits per heavy atom. The van der Waals surface area contributed by atoms with Gasteiger partial charge in [0.25, 0.3) is 0 Å². The molecule has 0 spiro atoms. The second-order valence-corrected chi connectivity index (χ2v) is 5.18. The fourth-order valence-electron chi connectivity index (χ4n) is 2.65. The number of hydrogen-bond acceptors (Lipinski definition) is 2. The third-order valence-electron chi connectivity index (χ3n) is 3.97. The topological polar surface area (TPSA) is 46.3 Å². The predicted molar refractivity (Wildman–Crippen MR) is 60.3 cm³/mol. The van der Waals surface area contributed by atoms with Gasteiger partial charge in [0.1, 0.15) is 0 Å². The van der Waals surface area contributed by atoms with E-state index in [0.29, 0.717) is 12.5 Å². The van der Waals surface area contributed by atoms with Crippen molar-refractivity contribution >= 4 is 5.91 Å². The molecule has 3 heteroatoms. The molecule has 0 aromatic heterocycles. The highest BCUT2D eigenvalue weighted by atomic mass is 16.2. The van der Waals surface area contributed by atoms with E-state index in [1.54, 1.807) is 0 Å². The van der Waals surface area contributed by atoms with Gasteiger partial charge < -0.3 is 10.6 Å². The van der Waals surface area contributed by atoms with Gasteiger partial charge in [-0.2, -0.15) is 0 Å². The van der Waals surface area contributed by atoms with E-state index in [9.17, 15) is 4.79 Å². The Kier molecular flexibility index (Phi) is 3.01. The quantitative estimate of drug-likeness (QED) is 0.762. The first-order chi connectivity index (χ1) is 7.22. The fourth-order valence-corrected chi connectivity index (χ4v) is 2.65. The SMILES string of the molecule is CCCC1CCN(C(=O)C2(CN)CC2)C1. The molecule has 1 atom stereocenters. The second-order valence-electron chi connectivity index (χ2n) is 5.18. The molecule has 1 saturated heterocycles. The van der Waals surface area contributed by atoms with Crippen LogP contribution in [0.4, 0.5) is 0 Å². The number of rotatable bonds is 4. The molecular weight excluding hydrogens is 188 g/mol. The molecule has 2 N–H and O–H groups in total. The van der Waals surface area contributed by atoms with Crippen molar-refractivity contribution in [2.45, 2.75) is 39.0 Å². The lowest BCUT2D eigenvalue weighted by atomic mass is 10.0. The lowest BCUT2D eigenvalue weighted by molar-refractivity contribution is -0.135. The van der Waals surface area contributed by atoms with Crippen molar-refractivity contribution < 1.29 is 4.79 Å².